The van der Waals surface area contributed by atoms with Crippen molar-refractivity contribution in [2.45, 2.75) is 13.3 Å². The normalized spacial score (nSPS) is 15.9. The lowest BCUT2D eigenvalue weighted by atomic mass is 10.0. The van der Waals surface area contributed by atoms with Crippen LogP contribution in [-0.2, 0) is 16.0 Å². The van der Waals surface area contributed by atoms with Crippen LogP contribution < -0.4 is 9.80 Å². The highest BCUT2D eigenvalue weighted by Gasteiger charge is 2.44. The summed E-state index contributed by atoms with van der Waals surface area (Å²) in [6, 6.07) is 22.7. The number of hydrogen-bond acceptors (Lipinski definition) is 3. The van der Waals surface area contributed by atoms with Gasteiger partial charge in [0.1, 0.15) is 5.70 Å². The molecule has 0 bridgehead atoms. The van der Waals surface area contributed by atoms with Gasteiger partial charge < -0.3 is 4.90 Å². The summed E-state index contributed by atoms with van der Waals surface area (Å²) in [4.78, 5) is 30.6. The van der Waals surface area contributed by atoms with Crippen molar-refractivity contribution in [3.63, 3.8) is 0 Å². The molecule has 0 saturated heterocycles. The number of imide groups is 1. The Kier molecular flexibility index (Phi) is 4.44. The molecule has 0 spiro atoms. The molecule has 0 radical (unpaired) electrons. The van der Waals surface area contributed by atoms with E-state index in [1.807, 2.05) is 60.4 Å². The lowest BCUT2D eigenvalue weighted by Gasteiger charge is -2.22. The fraction of sp³-hybridized carbons (Fsp3) is 0.120. The molecule has 30 heavy (non-hydrogen) atoms. The maximum absolute atomic E-state index is 13.7. The third kappa shape index (κ3) is 2.76. The summed E-state index contributed by atoms with van der Waals surface area (Å²) >= 11 is 6.30. The molecule has 2 aliphatic rings. The van der Waals surface area contributed by atoms with Crippen LogP contribution in [0.2, 0.25) is 5.02 Å². The van der Waals surface area contributed by atoms with E-state index in [9.17, 15) is 9.59 Å². The monoisotopic (exact) mass is 414 g/mol. The van der Waals surface area contributed by atoms with Gasteiger partial charge in [-0.15, -0.1) is 0 Å². The smallest absolute Gasteiger partial charge is 0.282 e. The van der Waals surface area contributed by atoms with Crippen LogP contribution in [0.15, 0.2) is 78.5 Å². The number of carbonyl (C=O) groups excluding carboxylic acids is 2. The maximum Gasteiger partial charge on any atom is 0.282 e. The zero-order valence-electron chi connectivity index (χ0n) is 16.4. The summed E-state index contributed by atoms with van der Waals surface area (Å²) in [5.41, 5.74) is 4.97. The van der Waals surface area contributed by atoms with Crippen molar-refractivity contribution in [2.75, 3.05) is 16.3 Å². The molecule has 2 amide bonds. The molecule has 0 fully saturated rings. The second-order valence-electron chi connectivity index (χ2n) is 7.45. The van der Waals surface area contributed by atoms with E-state index in [1.54, 1.807) is 18.2 Å². The van der Waals surface area contributed by atoms with E-state index in [4.69, 9.17) is 11.6 Å². The number of rotatable bonds is 3. The van der Waals surface area contributed by atoms with Gasteiger partial charge in [0.25, 0.3) is 11.8 Å². The summed E-state index contributed by atoms with van der Waals surface area (Å²) in [5.74, 6) is -0.642. The van der Waals surface area contributed by atoms with Crippen LogP contribution in [0.1, 0.15) is 16.7 Å². The molecule has 5 heteroatoms. The van der Waals surface area contributed by atoms with Crippen LogP contribution in [0, 0.1) is 6.92 Å². The average molecular weight is 415 g/mol. The first-order valence-corrected chi connectivity index (χ1v) is 10.2. The van der Waals surface area contributed by atoms with Gasteiger partial charge in [-0.3, -0.25) is 9.59 Å². The minimum Gasteiger partial charge on any atom is -0.336 e. The molecule has 0 saturated carbocycles. The predicted molar refractivity (Wildman–Crippen MR) is 120 cm³/mol. The largest absolute Gasteiger partial charge is 0.336 e. The Labute approximate surface area is 180 Å². The Morgan fingerprint density at radius 1 is 0.800 bits per heavy atom. The van der Waals surface area contributed by atoms with Gasteiger partial charge in [0.05, 0.1) is 11.3 Å². The first-order valence-electron chi connectivity index (χ1n) is 9.87. The van der Waals surface area contributed by atoms with Crippen LogP contribution in [0.25, 0.3) is 5.57 Å². The van der Waals surface area contributed by atoms with E-state index >= 15 is 0 Å². The van der Waals surface area contributed by atoms with Gasteiger partial charge in [0, 0.05) is 17.3 Å². The van der Waals surface area contributed by atoms with Crippen molar-refractivity contribution in [1.29, 1.82) is 0 Å². The fourth-order valence-corrected chi connectivity index (χ4v) is 4.43. The Hall–Kier alpha value is -3.37. The highest BCUT2D eigenvalue weighted by atomic mass is 35.5. The van der Waals surface area contributed by atoms with Gasteiger partial charge in [-0.2, -0.15) is 0 Å². The summed E-state index contributed by atoms with van der Waals surface area (Å²) in [7, 11) is 0. The molecule has 3 aromatic rings. The van der Waals surface area contributed by atoms with Crippen LogP contribution in [0.5, 0.6) is 0 Å². The van der Waals surface area contributed by atoms with Gasteiger partial charge in [-0.1, -0.05) is 66.2 Å². The quantitative estimate of drug-likeness (QED) is 0.566. The fourth-order valence-electron chi connectivity index (χ4n) is 4.26. The average Bonchev–Trinajstić information content (AvgIpc) is 3.29. The molecule has 0 atom stereocenters. The second kappa shape index (κ2) is 7.15. The van der Waals surface area contributed by atoms with E-state index in [0.29, 0.717) is 34.1 Å². The van der Waals surface area contributed by atoms with E-state index in [-0.39, 0.29) is 11.8 Å². The SMILES string of the molecule is Cc1c(Cl)cccc1N1C(=O)C(c2ccccc2)=C(N2CCc3ccccc32)C1=O. The minimum absolute atomic E-state index is 0.319. The number of anilines is 2. The maximum atomic E-state index is 13.7. The number of amides is 2. The van der Waals surface area contributed by atoms with Crippen molar-refractivity contribution in [3.8, 4) is 0 Å². The molecule has 2 heterocycles. The molecule has 2 aliphatic heterocycles. The number of halogens is 1. The van der Waals surface area contributed by atoms with Gasteiger partial charge in [0.15, 0.2) is 0 Å². The molecule has 0 aliphatic carbocycles. The zero-order valence-corrected chi connectivity index (χ0v) is 17.2. The van der Waals surface area contributed by atoms with Gasteiger partial charge in [-0.25, -0.2) is 4.90 Å². The van der Waals surface area contributed by atoms with Crippen molar-refractivity contribution < 1.29 is 9.59 Å². The summed E-state index contributed by atoms with van der Waals surface area (Å²) < 4.78 is 0. The van der Waals surface area contributed by atoms with E-state index in [2.05, 4.69) is 6.07 Å². The number of hydrogen-bond donors (Lipinski definition) is 0. The first-order chi connectivity index (χ1) is 14.6. The number of para-hydroxylation sites is 1. The summed E-state index contributed by atoms with van der Waals surface area (Å²) in [5, 5.41) is 0.523. The number of carbonyl (C=O) groups is 2. The van der Waals surface area contributed by atoms with Crippen LogP contribution in [-0.4, -0.2) is 18.4 Å². The molecule has 0 unspecified atom stereocenters. The van der Waals surface area contributed by atoms with E-state index in [1.165, 1.54) is 10.5 Å². The number of nitrogens with zero attached hydrogens (tertiary/aromatic N) is 2. The van der Waals surface area contributed by atoms with Gasteiger partial charge in [0.2, 0.25) is 0 Å². The molecule has 4 nitrogen and oxygen atoms in total. The highest BCUT2D eigenvalue weighted by molar-refractivity contribution is 6.46. The van der Waals surface area contributed by atoms with Crippen molar-refractivity contribution in [1.82, 2.24) is 0 Å². The lowest BCUT2D eigenvalue weighted by Crippen LogP contribution is -2.35. The molecule has 3 aromatic carbocycles. The number of benzene rings is 3. The van der Waals surface area contributed by atoms with Gasteiger partial charge in [-0.05, 0) is 48.2 Å². The minimum atomic E-state index is -0.323. The van der Waals surface area contributed by atoms with Crippen molar-refractivity contribution in [3.05, 3.63) is 100 Å². The van der Waals surface area contributed by atoms with Crippen LogP contribution in [0.4, 0.5) is 11.4 Å². The Bertz CT molecular complexity index is 1220. The molecule has 5 rings (SSSR count). The predicted octanol–water partition coefficient (Wildman–Crippen LogP) is 5.00. The van der Waals surface area contributed by atoms with Crippen LogP contribution >= 0.6 is 11.6 Å². The van der Waals surface area contributed by atoms with Crippen molar-refractivity contribution >= 4 is 40.4 Å². The molecule has 0 N–H and O–H groups in total. The molecular weight excluding hydrogens is 396 g/mol. The summed E-state index contributed by atoms with van der Waals surface area (Å²) in [6.45, 7) is 2.48. The Balaban J connectivity index is 1.71. The van der Waals surface area contributed by atoms with Crippen LogP contribution in [0.3, 0.4) is 0 Å². The summed E-state index contributed by atoms with van der Waals surface area (Å²) in [6.07, 6.45) is 0.833. The third-order valence-electron chi connectivity index (χ3n) is 5.76. The third-order valence-corrected chi connectivity index (χ3v) is 6.17. The Morgan fingerprint density at radius 2 is 1.50 bits per heavy atom. The zero-order chi connectivity index (χ0) is 20.8. The van der Waals surface area contributed by atoms with E-state index in [0.717, 1.165) is 17.7 Å². The molecule has 148 valence electrons. The Morgan fingerprint density at radius 3 is 2.30 bits per heavy atom. The number of fused-ring (bicyclic) bond motifs is 1. The lowest BCUT2D eigenvalue weighted by molar-refractivity contribution is -0.120. The molecule has 0 aromatic heterocycles. The van der Waals surface area contributed by atoms with Gasteiger partial charge >= 0.3 is 0 Å². The van der Waals surface area contributed by atoms with E-state index < -0.39 is 0 Å². The molecular formula is C25H19ClN2O2. The second-order valence-corrected chi connectivity index (χ2v) is 7.86. The first kappa shape index (κ1) is 18.6. The topological polar surface area (TPSA) is 40.6 Å². The van der Waals surface area contributed by atoms with Crippen molar-refractivity contribution in [2.24, 2.45) is 0 Å². The highest BCUT2D eigenvalue weighted by Crippen LogP contribution is 2.41. The standard InChI is InChI=1S/C25H19ClN2O2/c1-16-19(26)11-7-13-20(16)28-24(29)22(18-9-3-2-4-10-18)23(25(28)30)27-15-14-17-8-5-6-12-21(17)27/h2-13H,14-15H2,1H3.